The monoisotopic (exact) mass is 476 g/mol. The molecule has 8 rings (SSSR count). The van der Waals surface area contributed by atoms with Gasteiger partial charge in [0.2, 0.25) is 0 Å². The molecule has 0 atom stereocenters. The lowest BCUT2D eigenvalue weighted by Gasteiger charge is -2.10. The molecular formula is C33H20N2S. The van der Waals surface area contributed by atoms with E-state index in [1.165, 1.54) is 64.0 Å². The second kappa shape index (κ2) is 7.51. The summed E-state index contributed by atoms with van der Waals surface area (Å²) in [5.74, 6) is 0. The lowest BCUT2D eigenvalue weighted by molar-refractivity contribution is 1.19. The van der Waals surface area contributed by atoms with Crippen molar-refractivity contribution in [3.63, 3.8) is 0 Å². The van der Waals surface area contributed by atoms with Gasteiger partial charge in [-0.2, -0.15) is 0 Å². The van der Waals surface area contributed by atoms with Crippen molar-refractivity contribution in [3.8, 4) is 16.9 Å². The SMILES string of the molecule is c1ccc(-n2c3ccccc3c3c4ccccc4c4sc5c(-c6ccccn6)cccc5c4c32)cc1. The van der Waals surface area contributed by atoms with E-state index in [-0.39, 0.29) is 0 Å². The van der Waals surface area contributed by atoms with Gasteiger partial charge in [0.15, 0.2) is 0 Å². The standard InChI is InChI=1S/C33H20N2S/c1-2-11-21(12-3-1)35-28-19-7-6-15-25(28)29-22-13-4-5-14-23(22)33-30(31(29)35)26-17-10-16-24(32(26)36-33)27-18-8-9-20-34-27/h1-20H. The van der Waals surface area contributed by atoms with Crippen molar-refractivity contribution in [2.24, 2.45) is 0 Å². The quantitative estimate of drug-likeness (QED) is 0.243. The first-order chi connectivity index (χ1) is 17.9. The molecular weight excluding hydrogens is 456 g/mol. The topological polar surface area (TPSA) is 17.8 Å². The first-order valence-electron chi connectivity index (χ1n) is 12.2. The Balaban J connectivity index is 1.69. The normalized spacial score (nSPS) is 11.9. The van der Waals surface area contributed by atoms with Gasteiger partial charge in [0.25, 0.3) is 0 Å². The van der Waals surface area contributed by atoms with Gasteiger partial charge in [0, 0.05) is 53.8 Å². The third-order valence-corrected chi connectivity index (χ3v) is 8.50. The zero-order chi connectivity index (χ0) is 23.6. The van der Waals surface area contributed by atoms with Crippen molar-refractivity contribution in [1.29, 1.82) is 0 Å². The summed E-state index contributed by atoms with van der Waals surface area (Å²) in [4.78, 5) is 4.70. The van der Waals surface area contributed by atoms with Crippen LogP contribution in [0.1, 0.15) is 0 Å². The van der Waals surface area contributed by atoms with E-state index in [0.29, 0.717) is 0 Å². The van der Waals surface area contributed by atoms with Gasteiger partial charge in [-0.05, 0) is 35.7 Å². The van der Waals surface area contributed by atoms with Crippen molar-refractivity contribution >= 4 is 64.1 Å². The molecule has 0 aliphatic carbocycles. The maximum Gasteiger partial charge on any atom is 0.0716 e. The Morgan fingerprint density at radius 3 is 2.08 bits per heavy atom. The van der Waals surface area contributed by atoms with Gasteiger partial charge in [0.05, 0.1) is 16.7 Å². The molecule has 8 aromatic rings. The summed E-state index contributed by atoms with van der Waals surface area (Å²) in [6.45, 7) is 0. The van der Waals surface area contributed by atoms with Crippen LogP contribution in [0.3, 0.4) is 0 Å². The van der Waals surface area contributed by atoms with E-state index >= 15 is 0 Å². The molecule has 168 valence electrons. The van der Waals surface area contributed by atoms with Crippen LogP contribution >= 0.6 is 11.3 Å². The number of hydrogen-bond acceptors (Lipinski definition) is 2. The zero-order valence-electron chi connectivity index (χ0n) is 19.3. The highest BCUT2D eigenvalue weighted by Gasteiger charge is 2.22. The highest BCUT2D eigenvalue weighted by molar-refractivity contribution is 7.27. The average molecular weight is 477 g/mol. The van der Waals surface area contributed by atoms with E-state index in [1.807, 2.05) is 23.6 Å². The van der Waals surface area contributed by atoms with Gasteiger partial charge in [-0.15, -0.1) is 11.3 Å². The Morgan fingerprint density at radius 1 is 0.528 bits per heavy atom. The van der Waals surface area contributed by atoms with E-state index in [9.17, 15) is 0 Å². The smallest absolute Gasteiger partial charge is 0.0716 e. The minimum Gasteiger partial charge on any atom is -0.309 e. The van der Waals surface area contributed by atoms with Gasteiger partial charge in [-0.25, -0.2) is 0 Å². The van der Waals surface area contributed by atoms with Crippen LogP contribution in [0.2, 0.25) is 0 Å². The van der Waals surface area contributed by atoms with E-state index < -0.39 is 0 Å². The molecule has 0 saturated heterocycles. The molecule has 0 N–H and O–H groups in total. The van der Waals surface area contributed by atoms with E-state index in [1.54, 1.807) is 0 Å². The van der Waals surface area contributed by atoms with Crippen LogP contribution in [0.4, 0.5) is 0 Å². The number of para-hydroxylation sites is 2. The lowest BCUT2D eigenvalue weighted by Crippen LogP contribution is -1.93. The highest BCUT2D eigenvalue weighted by Crippen LogP contribution is 2.49. The van der Waals surface area contributed by atoms with Gasteiger partial charge in [-0.3, -0.25) is 4.98 Å². The molecule has 0 radical (unpaired) electrons. The highest BCUT2D eigenvalue weighted by atomic mass is 32.1. The summed E-state index contributed by atoms with van der Waals surface area (Å²) in [6, 6.07) is 41.2. The summed E-state index contributed by atoms with van der Waals surface area (Å²) in [5, 5.41) is 7.83. The molecule has 0 amide bonds. The Bertz CT molecular complexity index is 2080. The van der Waals surface area contributed by atoms with E-state index in [4.69, 9.17) is 4.98 Å². The summed E-state index contributed by atoms with van der Waals surface area (Å²) in [5.41, 5.74) is 5.89. The first kappa shape index (κ1) is 19.8. The molecule has 3 heteroatoms. The van der Waals surface area contributed by atoms with Crippen LogP contribution in [0.5, 0.6) is 0 Å². The average Bonchev–Trinajstić information content (AvgIpc) is 3.51. The number of hydrogen-bond donors (Lipinski definition) is 0. The summed E-state index contributed by atoms with van der Waals surface area (Å²) < 4.78 is 5.07. The largest absolute Gasteiger partial charge is 0.309 e. The Hall–Kier alpha value is -4.47. The van der Waals surface area contributed by atoms with Gasteiger partial charge >= 0.3 is 0 Å². The predicted molar refractivity (Wildman–Crippen MR) is 154 cm³/mol. The number of benzene rings is 5. The molecule has 0 spiro atoms. The van der Waals surface area contributed by atoms with Crippen molar-refractivity contribution in [1.82, 2.24) is 9.55 Å². The molecule has 3 aromatic heterocycles. The van der Waals surface area contributed by atoms with Crippen LogP contribution in [-0.2, 0) is 0 Å². The molecule has 0 fully saturated rings. The number of fused-ring (bicyclic) bond motifs is 10. The summed E-state index contributed by atoms with van der Waals surface area (Å²) >= 11 is 1.89. The molecule has 0 saturated carbocycles. The fourth-order valence-corrected chi connectivity index (χ4v) is 7.12. The van der Waals surface area contributed by atoms with Gasteiger partial charge in [-0.1, -0.05) is 84.9 Å². The molecule has 0 aliphatic rings. The minimum atomic E-state index is 1.01. The van der Waals surface area contributed by atoms with Crippen molar-refractivity contribution in [3.05, 3.63) is 121 Å². The van der Waals surface area contributed by atoms with Crippen LogP contribution in [0, 0.1) is 0 Å². The molecule has 0 unspecified atom stereocenters. The predicted octanol–water partition coefficient (Wildman–Crippen LogP) is 9.37. The number of nitrogens with zero attached hydrogens (tertiary/aromatic N) is 2. The molecule has 2 nitrogen and oxygen atoms in total. The van der Waals surface area contributed by atoms with Crippen LogP contribution in [-0.4, -0.2) is 9.55 Å². The fourth-order valence-electron chi connectivity index (χ4n) is 5.76. The number of thiophene rings is 1. The van der Waals surface area contributed by atoms with Crippen molar-refractivity contribution in [2.45, 2.75) is 0 Å². The third kappa shape index (κ3) is 2.63. The van der Waals surface area contributed by atoms with Crippen LogP contribution in [0.25, 0.3) is 69.7 Å². The van der Waals surface area contributed by atoms with Crippen molar-refractivity contribution < 1.29 is 0 Å². The second-order valence-corrected chi connectivity index (χ2v) is 10.2. The van der Waals surface area contributed by atoms with Crippen LogP contribution in [0.15, 0.2) is 121 Å². The maximum atomic E-state index is 4.70. The summed E-state index contributed by atoms with van der Waals surface area (Å²) in [7, 11) is 0. The van der Waals surface area contributed by atoms with Crippen molar-refractivity contribution in [2.75, 3.05) is 0 Å². The first-order valence-corrected chi connectivity index (χ1v) is 13.0. The zero-order valence-corrected chi connectivity index (χ0v) is 20.2. The minimum absolute atomic E-state index is 1.01. The van der Waals surface area contributed by atoms with E-state index in [2.05, 4.69) is 114 Å². The Labute approximate surface area is 211 Å². The number of aromatic nitrogens is 2. The Kier molecular flexibility index (Phi) is 4.13. The third-order valence-electron chi connectivity index (χ3n) is 7.22. The molecule has 3 heterocycles. The number of pyridine rings is 1. The second-order valence-electron chi connectivity index (χ2n) is 9.16. The van der Waals surface area contributed by atoms with Gasteiger partial charge in [0.1, 0.15) is 0 Å². The summed E-state index contributed by atoms with van der Waals surface area (Å²) in [6.07, 6.45) is 1.88. The van der Waals surface area contributed by atoms with Crippen LogP contribution < -0.4 is 0 Å². The molecule has 0 aliphatic heterocycles. The molecule has 36 heavy (non-hydrogen) atoms. The fraction of sp³-hybridized carbons (Fsp3) is 0. The lowest BCUT2D eigenvalue weighted by atomic mass is 9.99. The number of rotatable bonds is 2. The van der Waals surface area contributed by atoms with E-state index in [0.717, 1.165) is 5.69 Å². The maximum absolute atomic E-state index is 4.70. The van der Waals surface area contributed by atoms with Gasteiger partial charge < -0.3 is 4.57 Å². The molecule has 5 aromatic carbocycles. The Morgan fingerprint density at radius 2 is 1.25 bits per heavy atom. The molecule has 0 bridgehead atoms.